The van der Waals surface area contributed by atoms with Gasteiger partial charge in [0.2, 0.25) is 0 Å². The van der Waals surface area contributed by atoms with E-state index >= 15 is 0 Å². The molecule has 1 N–H and O–H groups in total. The first-order valence-electron chi connectivity index (χ1n) is 6.07. The van der Waals surface area contributed by atoms with Crippen LogP contribution in [-0.2, 0) is 12.7 Å². The molecule has 0 atom stereocenters. The summed E-state index contributed by atoms with van der Waals surface area (Å²) in [5.74, 6) is 0. The monoisotopic (exact) mass is 302 g/mol. The molecule has 2 aromatic heterocycles. The highest BCUT2D eigenvalue weighted by Gasteiger charge is 2.30. The number of aromatic nitrogens is 3. The maximum Gasteiger partial charge on any atom is 0.417 e. The smallest absolute Gasteiger partial charge is 0.310 e. The molecule has 0 radical (unpaired) electrons. The van der Waals surface area contributed by atoms with Crippen LogP contribution in [0.1, 0.15) is 23.9 Å². The fraction of sp³-hybridized carbons (Fsp3) is 0.417. The van der Waals surface area contributed by atoms with Gasteiger partial charge in [0.1, 0.15) is 10.7 Å². The lowest BCUT2D eigenvalue weighted by atomic mass is 10.2. The van der Waals surface area contributed by atoms with Crippen LogP contribution in [0.25, 0.3) is 10.7 Å². The van der Waals surface area contributed by atoms with Gasteiger partial charge in [0.15, 0.2) is 5.01 Å². The molecular weight excluding hydrogens is 289 g/mol. The highest BCUT2D eigenvalue weighted by Crippen LogP contribution is 2.30. The molecule has 108 valence electrons. The van der Waals surface area contributed by atoms with Gasteiger partial charge >= 0.3 is 6.18 Å². The van der Waals surface area contributed by atoms with Crippen molar-refractivity contribution in [3.63, 3.8) is 0 Å². The SMILES string of the molecule is CCCNCc1nnc(-c2ccc(C(F)(F)F)cn2)s1. The third-order valence-corrected chi connectivity index (χ3v) is 3.43. The lowest BCUT2D eigenvalue weighted by Crippen LogP contribution is -2.13. The van der Waals surface area contributed by atoms with Crippen molar-refractivity contribution in [2.24, 2.45) is 0 Å². The molecule has 20 heavy (non-hydrogen) atoms. The van der Waals surface area contributed by atoms with Crippen LogP contribution in [-0.4, -0.2) is 21.7 Å². The van der Waals surface area contributed by atoms with Gasteiger partial charge < -0.3 is 5.32 Å². The zero-order chi connectivity index (χ0) is 14.6. The average Bonchev–Trinajstić information content (AvgIpc) is 2.87. The second-order valence-electron chi connectivity index (χ2n) is 4.11. The summed E-state index contributed by atoms with van der Waals surface area (Å²) >= 11 is 1.32. The van der Waals surface area contributed by atoms with Gasteiger partial charge in [-0.15, -0.1) is 10.2 Å². The van der Waals surface area contributed by atoms with Crippen LogP contribution in [0.5, 0.6) is 0 Å². The zero-order valence-corrected chi connectivity index (χ0v) is 11.6. The van der Waals surface area contributed by atoms with Crippen LogP contribution < -0.4 is 5.32 Å². The van der Waals surface area contributed by atoms with Gasteiger partial charge in [0.25, 0.3) is 0 Å². The molecule has 2 heterocycles. The molecule has 0 saturated heterocycles. The molecule has 8 heteroatoms. The van der Waals surface area contributed by atoms with Gasteiger partial charge in [-0.05, 0) is 25.1 Å². The predicted octanol–water partition coefficient (Wildman–Crippen LogP) is 3.12. The minimum Gasteiger partial charge on any atom is -0.310 e. The Morgan fingerprint density at radius 3 is 2.65 bits per heavy atom. The van der Waals surface area contributed by atoms with E-state index in [1.807, 2.05) is 0 Å². The van der Waals surface area contributed by atoms with E-state index in [0.717, 1.165) is 30.2 Å². The van der Waals surface area contributed by atoms with Crippen molar-refractivity contribution in [2.45, 2.75) is 26.1 Å². The van der Waals surface area contributed by atoms with Crippen molar-refractivity contribution >= 4 is 11.3 Å². The molecule has 2 rings (SSSR count). The summed E-state index contributed by atoms with van der Waals surface area (Å²) in [7, 11) is 0. The Bertz CT molecular complexity index is 551. The molecular formula is C12H13F3N4S. The van der Waals surface area contributed by atoms with Crippen molar-refractivity contribution < 1.29 is 13.2 Å². The van der Waals surface area contributed by atoms with Crippen LogP contribution in [0.4, 0.5) is 13.2 Å². The number of hydrogen-bond donors (Lipinski definition) is 1. The van der Waals surface area contributed by atoms with Crippen LogP contribution in [0.3, 0.4) is 0 Å². The number of pyridine rings is 1. The summed E-state index contributed by atoms with van der Waals surface area (Å²) < 4.78 is 37.3. The predicted molar refractivity (Wildman–Crippen MR) is 70.1 cm³/mol. The number of halogens is 3. The lowest BCUT2D eigenvalue weighted by Gasteiger charge is -2.05. The molecule has 0 bridgehead atoms. The van der Waals surface area contributed by atoms with Crippen molar-refractivity contribution in [2.75, 3.05) is 6.54 Å². The van der Waals surface area contributed by atoms with E-state index in [-0.39, 0.29) is 0 Å². The Hall–Kier alpha value is -1.54. The van der Waals surface area contributed by atoms with E-state index in [2.05, 4.69) is 27.4 Å². The summed E-state index contributed by atoms with van der Waals surface area (Å²) in [6.07, 6.45) is -2.54. The van der Waals surface area contributed by atoms with Gasteiger partial charge in [0, 0.05) is 12.7 Å². The number of alkyl halides is 3. The first kappa shape index (κ1) is 14.9. The third-order valence-electron chi connectivity index (χ3n) is 2.48. The first-order chi connectivity index (χ1) is 9.50. The fourth-order valence-electron chi connectivity index (χ4n) is 1.49. The van der Waals surface area contributed by atoms with E-state index in [9.17, 15) is 13.2 Å². The maximum atomic E-state index is 12.4. The molecule has 0 amide bonds. The van der Waals surface area contributed by atoms with Crippen molar-refractivity contribution in [1.82, 2.24) is 20.5 Å². The normalized spacial score (nSPS) is 11.8. The summed E-state index contributed by atoms with van der Waals surface area (Å²) in [6, 6.07) is 2.31. The Kier molecular flexibility index (Phi) is 4.66. The topological polar surface area (TPSA) is 50.7 Å². The summed E-state index contributed by atoms with van der Waals surface area (Å²) in [6.45, 7) is 3.55. The van der Waals surface area contributed by atoms with E-state index in [0.29, 0.717) is 17.2 Å². The first-order valence-corrected chi connectivity index (χ1v) is 6.89. The number of hydrogen-bond acceptors (Lipinski definition) is 5. The van der Waals surface area contributed by atoms with Gasteiger partial charge in [-0.3, -0.25) is 4.98 Å². The fourth-order valence-corrected chi connectivity index (χ4v) is 2.27. The Labute approximate surface area is 118 Å². The minimum absolute atomic E-state index is 0.400. The zero-order valence-electron chi connectivity index (χ0n) is 10.7. The number of nitrogens with one attached hydrogen (secondary N) is 1. The highest BCUT2D eigenvalue weighted by atomic mass is 32.1. The standard InChI is InChI=1S/C12H13F3N4S/c1-2-5-16-7-10-18-19-11(20-10)9-4-3-8(6-17-9)12(13,14)15/h3-4,6,16H,2,5,7H2,1H3. The van der Waals surface area contributed by atoms with Crippen molar-refractivity contribution in [1.29, 1.82) is 0 Å². The molecule has 0 aromatic carbocycles. The van der Waals surface area contributed by atoms with Gasteiger partial charge in [0.05, 0.1) is 5.56 Å². The largest absolute Gasteiger partial charge is 0.417 e. The third kappa shape index (κ3) is 3.73. The minimum atomic E-state index is -4.37. The highest BCUT2D eigenvalue weighted by molar-refractivity contribution is 7.14. The number of rotatable bonds is 5. The van der Waals surface area contributed by atoms with E-state index < -0.39 is 11.7 Å². The van der Waals surface area contributed by atoms with Crippen LogP contribution in [0.15, 0.2) is 18.3 Å². The van der Waals surface area contributed by atoms with Crippen LogP contribution in [0, 0.1) is 0 Å². The van der Waals surface area contributed by atoms with E-state index in [1.165, 1.54) is 17.4 Å². The summed E-state index contributed by atoms with van der Waals surface area (Å²) in [5, 5.41) is 12.4. The maximum absolute atomic E-state index is 12.4. The average molecular weight is 302 g/mol. The lowest BCUT2D eigenvalue weighted by molar-refractivity contribution is -0.137. The van der Waals surface area contributed by atoms with Crippen molar-refractivity contribution in [3.05, 3.63) is 28.9 Å². The van der Waals surface area contributed by atoms with E-state index in [4.69, 9.17) is 0 Å². The molecule has 2 aromatic rings. The summed E-state index contributed by atoms with van der Waals surface area (Å²) in [5.41, 5.74) is -0.368. The molecule has 0 fully saturated rings. The Balaban J connectivity index is 2.08. The van der Waals surface area contributed by atoms with Crippen molar-refractivity contribution in [3.8, 4) is 10.7 Å². The molecule has 0 unspecified atom stereocenters. The van der Waals surface area contributed by atoms with Crippen LogP contribution in [0.2, 0.25) is 0 Å². The van der Waals surface area contributed by atoms with Gasteiger partial charge in [-0.25, -0.2) is 0 Å². The second-order valence-corrected chi connectivity index (χ2v) is 5.17. The number of nitrogens with zero attached hydrogens (tertiary/aromatic N) is 3. The van der Waals surface area contributed by atoms with E-state index in [1.54, 1.807) is 0 Å². The van der Waals surface area contributed by atoms with Gasteiger partial charge in [-0.1, -0.05) is 18.3 Å². The Morgan fingerprint density at radius 2 is 2.05 bits per heavy atom. The molecule has 4 nitrogen and oxygen atoms in total. The second kappa shape index (κ2) is 6.27. The quantitative estimate of drug-likeness (QED) is 0.862. The van der Waals surface area contributed by atoms with Gasteiger partial charge in [-0.2, -0.15) is 13.2 Å². The molecule has 0 aliphatic carbocycles. The van der Waals surface area contributed by atoms with Crippen LogP contribution >= 0.6 is 11.3 Å². The summed E-state index contributed by atoms with van der Waals surface area (Å²) in [4.78, 5) is 3.79. The molecule has 0 saturated carbocycles. The molecule has 0 aliphatic rings. The Morgan fingerprint density at radius 1 is 1.25 bits per heavy atom. The molecule has 0 spiro atoms. The molecule has 0 aliphatic heterocycles.